The van der Waals surface area contributed by atoms with Gasteiger partial charge in [0, 0.05) is 13.6 Å². The minimum absolute atomic E-state index is 0.0150. The van der Waals surface area contributed by atoms with E-state index < -0.39 is 16.2 Å². The number of hydrogen-bond donors (Lipinski definition) is 1. The van der Waals surface area contributed by atoms with Crippen LogP contribution < -0.4 is 9.46 Å². The molecule has 0 unspecified atom stereocenters. The first-order valence-electron chi connectivity index (χ1n) is 6.25. The Kier molecular flexibility index (Phi) is 5.98. The first-order chi connectivity index (χ1) is 9.80. The van der Waals surface area contributed by atoms with Crippen LogP contribution in [0.3, 0.4) is 0 Å². The molecule has 0 bridgehead atoms. The lowest BCUT2D eigenvalue weighted by Gasteiger charge is -2.19. The Bertz CT molecular complexity index is 601. The number of rotatable bonds is 7. The Labute approximate surface area is 125 Å². The van der Waals surface area contributed by atoms with Gasteiger partial charge in [-0.15, -0.1) is 0 Å². The predicted molar refractivity (Wildman–Crippen MR) is 79.5 cm³/mol. The molecule has 1 rings (SSSR count). The summed E-state index contributed by atoms with van der Waals surface area (Å²) in [6.45, 7) is 1.87. The summed E-state index contributed by atoms with van der Waals surface area (Å²) in [5.74, 6) is -0.0456. The van der Waals surface area contributed by atoms with Crippen molar-refractivity contribution >= 4 is 21.9 Å². The van der Waals surface area contributed by atoms with Crippen molar-refractivity contribution in [2.75, 3.05) is 32.5 Å². The Morgan fingerprint density at radius 3 is 2.57 bits per heavy atom. The summed E-state index contributed by atoms with van der Waals surface area (Å²) >= 11 is 0. The summed E-state index contributed by atoms with van der Waals surface area (Å²) in [6.07, 6.45) is -0.0150. The van der Waals surface area contributed by atoms with Crippen LogP contribution in [0.1, 0.15) is 12.0 Å². The lowest BCUT2D eigenvalue weighted by atomic mass is 10.2. The van der Waals surface area contributed by atoms with E-state index in [1.807, 2.05) is 13.0 Å². The van der Waals surface area contributed by atoms with Gasteiger partial charge in [0.15, 0.2) is 0 Å². The fourth-order valence-corrected chi connectivity index (χ4v) is 2.51. The normalized spacial score (nSPS) is 11.3. The van der Waals surface area contributed by atoms with Gasteiger partial charge in [-0.2, -0.15) is 12.7 Å². The maximum Gasteiger partial charge on any atom is 0.306 e. The van der Waals surface area contributed by atoms with Gasteiger partial charge in [-0.3, -0.25) is 9.52 Å². The van der Waals surface area contributed by atoms with Gasteiger partial charge < -0.3 is 9.47 Å². The molecule has 0 aliphatic heterocycles. The highest BCUT2D eigenvalue weighted by Gasteiger charge is 2.20. The van der Waals surface area contributed by atoms with E-state index in [9.17, 15) is 13.2 Å². The number of ether oxygens (including phenoxy) is 2. The molecule has 0 atom stereocenters. The zero-order valence-electron chi connectivity index (χ0n) is 12.5. The van der Waals surface area contributed by atoms with Crippen LogP contribution in [-0.2, 0) is 19.7 Å². The van der Waals surface area contributed by atoms with Crippen molar-refractivity contribution in [3.05, 3.63) is 23.8 Å². The Morgan fingerprint density at radius 2 is 2.00 bits per heavy atom. The lowest BCUT2D eigenvalue weighted by Crippen LogP contribution is -2.34. The summed E-state index contributed by atoms with van der Waals surface area (Å²) in [5.41, 5.74) is 1.24. The van der Waals surface area contributed by atoms with E-state index >= 15 is 0 Å². The molecular weight excluding hydrogens is 296 g/mol. The highest BCUT2D eigenvalue weighted by Crippen LogP contribution is 2.26. The number of aryl methyl sites for hydroxylation is 1. The van der Waals surface area contributed by atoms with E-state index in [1.165, 1.54) is 21.3 Å². The fourth-order valence-electron chi connectivity index (χ4n) is 1.59. The highest BCUT2D eigenvalue weighted by atomic mass is 32.2. The van der Waals surface area contributed by atoms with E-state index in [0.29, 0.717) is 11.4 Å². The highest BCUT2D eigenvalue weighted by molar-refractivity contribution is 7.90. The summed E-state index contributed by atoms with van der Waals surface area (Å²) in [5, 5.41) is 0. The average molecular weight is 316 g/mol. The number of carbonyl (C=O) groups is 1. The molecule has 0 fully saturated rings. The topological polar surface area (TPSA) is 84.9 Å². The third-order valence-electron chi connectivity index (χ3n) is 2.86. The van der Waals surface area contributed by atoms with Gasteiger partial charge in [-0.05, 0) is 24.6 Å². The van der Waals surface area contributed by atoms with Crippen LogP contribution >= 0.6 is 0 Å². The van der Waals surface area contributed by atoms with Crippen molar-refractivity contribution in [3.8, 4) is 5.75 Å². The van der Waals surface area contributed by atoms with E-state index in [2.05, 4.69) is 9.46 Å². The summed E-state index contributed by atoms with van der Waals surface area (Å²) in [4.78, 5) is 11.1. The van der Waals surface area contributed by atoms with Crippen LogP contribution in [0, 0.1) is 6.92 Å². The number of carbonyl (C=O) groups excluding carboxylic acids is 1. The smallest absolute Gasteiger partial charge is 0.306 e. The van der Waals surface area contributed by atoms with Crippen LogP contribution in [0.15, 0.2) is 18.2 Å². The molecule has 21 heavy (non-hydrogen) atoms. The van der Waals surface area contributed by atoms with Gasteiger partial charge in [0.25, 0.3) is 0 Å². The number of methoxy groups -OCH3 is 2. The molecule has 118 valence electrons. The molecule has 1 N–H and O–H groups in total. The first-order valence-corrected chi connectivity index (χ1v) is 7.69. The molecule has 0 aromatic heterocycles. The standard InChI is InChI=1S/C13H20N2O5S/c1-10-5-6-12(19-3)11(9-10)14-21(17,18)15(2)8-7-13(16)20-4/h5-6,9,14H,7-8H2,1-4H3. The average Bonchev–Trinajstić information content (AvgIpc) is 2.44. The molecule has 0 aliphatic carbocycles. The Hall–Kier alpha value is -1.80. The first kappa shape index (κ1) is 17.3. The second kappa shape index (κ2) is 7.28. The third-order valence-corrected chi connectivity index (χ3v) is 4.34. The quantitative estimate of drug-likeness (QED) is 0.763. The number of benzene rings is 1. The number of esters is 1. The molecule has 7 nitrogen and oxygen atoms in total. The number of anilines is 1. The zero-order chi connectivity index (χ0) is 16.0. The molecule has 0 heterocycles. The maximum atomic E-state index is 12.2. The molecule has 0 aliphatic rings. The minimum Gasteiger partial charge on any atom is -0.495 e. The number of nitrogens with one attached hydrogen (secondary N) is 1. The zero-order valence-corrected chi connectivity index (χ0v) is 13.4. The minimum atomic E-state index is -3.77. The molecule has 0 amide bonds. The summed E-state index contributed by atoms with van der Waals surface area (Å²) < 4.78 is 37.5. The van der Waals surface area contributed by atoms with E-state index in [4.69, 9.17) is 4.74 Å². The van der Waals surface area contributed by atoms with Crippen LogP contribution in [-0.4, -0.2) is 46.5 Å². The Balaban J connectivity index is 2.84. The van der Waals surface area contributed by atoms with E-state index in [-0.39, 0.29) is 13.0 Å². The molecule has 1 aromatic carbocycles. The van der Waals surface area contributed by atoms with Gasteiger partial charge in [-0.25, -0.2) is 0 Å². The van der Waals surface area contributed by atoms with E-state index in [0.717, 1.165) is 9.87 Å². The molecule has 0 saturated carbocycles. The largest absolute Gasteiger partial charge is 0.495 e. The van der Waals surface area contributed by atoms with Crippen molar-refractivity contribution in [1.82, 2.24) is 4.31 Å². The van der Waals surface area contributed by atoms with Crippen molar-refractivity contribution in [3.63, 3.8) is 0 Å². The maximum absolute atomic E-state index is 12.2. The molecular formula is C13H20N2O5S. The summed E-state index contributed by atoms with van der Waals surface area (Å²) in [6, 6.07) is 5.17. The monoisotopic (exact) mass is 316 g/mol. The lowest BCUT2D eigenvalue weighted by molar-refractivity contribution is -0.140. The van der Waals surface area contributed by atoms with Gasteiger partial charge in [0.05, 0.1) is 26.3 Å². The molecule has 0 spiro atoms. The van der Waals surface area contributed by atoms with Crippen molar-refractivity contribution in [2.45, 2.75) is 13.3 Å². The molecule has 1 aromatic rings. The predicted octanol–water partition coefficient (Wildman–Crippen LogP) is 1.16. The van der Waals surface area contributed by atoms with E-state index in [1.54, 1.807) is 12.1 Å². The second-order valence-corrected chi connectivity index (χ2v) is 6.24. The molecule has 0 radical (unpaired) electrons. The van der Waals surface area contributed by atoms with Crippen LogP contribution in [0.5, 0.6) is 5.75 Å². The fraction of sp³-hybridized carbons (Fsp3) is 0.462. The van der Waals surface area contributed by atoms with Crippen molar-refractivity contribution < 1.29 is 22.7 Å². The van der Waals surface area contributed by atoms with Crippen molar-refractivity contribution in [2.24, 2.45) is 0 Å². The third kappa shape index (κ3) is 4.91. The van der Waals surface area contributed by atoms with Gasteiger partial charge in [-0.1, -0.05) is 6.07 Å². The molecule has 0 saturated heterocycles. The SMILES string of the molecule is COC(=O)CCN(C)S(=O)(=O)Nc1cc(C)ccc1OC. The molecule has 8 heteroatoms. The number of hydrogen-bond acceptors (Lipinski definition) is 5. The Morgan fingerprint density at radius 1 is 1.33 bits per heavy atom. The van der Waals surface area contributed by atoms with Gasteiger partial charge >= 0.3 is 16.2 Å². The summed E-state index contributed by atoms with van der Waals surface area (Å²) in [7, 11) is 0.330. The van der Waals surface area contributed by atoms with Crippen molar-refractivity contribution in [1.29, 1.82) is 0 Å². The van der Waals surface area contributed by atoms with Crippen LogP contribution in [0.4, 0.5) is 5.69 Å². The van der Waals surface area contributed by atoms with Gasteiger partial charge in [0.1, 0.15) is 5.75 Å². The second-order valence-electron chi connectivity index (χ2n) is 4.46. The number of nitrogens with zero attached hydrogens (tertiary/aromatic N) is 1. The van der Waals surface area contributed by atoms with Gasteiger partial charge in [0.2, 0.25) is 0 Å². The van der Waals surface area contributed by atoms with Crippen LogP contribution in [0.2, 0.25) is 0 Å². The van der Waals surface area contributed by atoms with Crippen LogP contribution in [0.25, 0.3) is 0 Å².